The van der Waals surface area contributed by atoms with Gasteiger partial charge in [-0.25, -0.2) is 54.0 Å². The van der Waals surface area contributed by atoms with Crippen LogP contribution in [0.25, 0.3) is 0 Å². The first-order chi connectivity index (χ1) is 38.7. The maximum absolute atomic E-state index is 14.4. The van der Waals surface area contributed by atoms with Gasteiger partial charge in [-0.2, -0.15) is 0 Å². The van der Waals surface area contributed by atoms with Crippen LogP contribution in [0.3, 0.4) is 0 Å². The SMILES string of the molecule is COC(=O)c1ccc(Oc2cnc(NC(=O)C(Oc3ccc(F)cc3F)c3ccc(S(=O)(=O)C4CC4)cc3)s2)cc1.O=C(O)c1ccc(Oc2cnc(NC(=O)C(Oc3ccc(F)cc3F)c3ccc(S(=O)(=O)C4CC4)cc3)s2)cc1. The molecule has 18 nitrogen and oxygen atoms in total. The second-order valence-electron chi connectivity index (χ2n) is 17.8. The van der Waals surface area contributed by atoms with Gasteiger partial charge in [-0.05, 0) is 123 Å². The Morgan fingerprint density at radius 1 is 0.556 bits per heavy atom. The fraction of sp³-hybridized carbons (Fsp3) is 0.164. The van der Waals surface area contributed by atoms with Crippen LogP contribution >= 0.6 is 22.7 Å². The van der Waals surface area contributed by atoms with Crippen molar-refractivity contribution >= 4 is 76.4 Å². The second kappa shape index (κ2) is 24.3. The van der Waals surface area contributed by atoms with E-state index in [1.807, 2.05) is 0 Å². The molecule has 2 aliphatic rings. The smallest absolute Gasteiger partial charge is 0.337 e. The summed E-state index contributed by atoms with van der Waals surface area (Å²) in [5.74, 6) is -6.75. The number of anilines is 2. The first-order valence-corrected chi connectivity index (χ1v) is 28.8. The molecule has 0 bridgehead atoms. The number of amides is 2. The highest BCUT2D eigenvalue weighted by Crippen LogP contribution is 2.38. The van der Waals surface area contributed by atoms with Crippen molar-refractivity contribution in [2.75, 3.05) is 17.7 Å². The highest BCUT2D eigenvalue weighted by molar-refractivity contribution is 7.92. The average Bonchev–Trinajstić information content (AvgIpc) is 4.42. The molecular weight excluding hydrogens is 1140 g/mol. The molecule has 2 heterocycles. The van der Waals surface area contributed by atoms with E-state index in [2.05, 4.69) is 25.3 Å². The van der Waals surface area contributed by atoms with Crippen molar-refractivity contribution in [1.29, 1.82) is 0 Å². The summed E-state index contributed by atoms with van der Waals surface area (Å²) in [5, 5.41) is 14.2. The molecule has 2 aliphatic carbocycles. The molecule has 2 fully saturated rings. The number of halogens is 4. The summed E-state index contributed by atoms with van der Waals surface area (Å²) in [5.41, 5.74) is 0.896. The minimum absolute atomic E-state index is 0.0893. The Morgan fingerprint density at radius 3 is 1.28 bits per heavy atom. The van der Waals surface area contributed by atoms with Crippen molar-refractivity contribution in [1.82, 2.24) is 9.97 Å². The Labute approximate surface area is 466 Å². The van der Waals surface area contributed by atoms with E-state index >= 15 is 0 Å². The van der Waals surface area contributed by atoms with E-state index in [1.54, 1.807) is 12.1 Å². The maximum atomic E-state index is 14.4. The third kappa shape index (κ3) is 14.2. The standard InChI is InChI=1S/C28H22F2N2O7S2.C27H20F2N2O7S2/c1-37-27(34)17-2-7-19(8-3-17)38-24-15-31-28(40-24)32-26(33)25(39-23-13-6-18(29)14-22(23)30)16-4-9-20(10-5-16)41(35,36)21-11-12-21;28-17-5-12-22(21(29)13-17)38-24(15-3-8-19(9-4-15)40(35,36)20-10-11-20)25(32)31-27-30-14-23(39-27)37-18-6-1-16(2-7-18)26(33)34/h2-10,13-15,21,25H,11-12H2,1H3,(H,31,32,33);1-9,12-14,20,24H,10-11H2,(H,33,34)(H,30,31,32). The lowest BCUT2D eigenvalue weighted by Crippen LogP contribution is -2.26. The number of nitrogens with one attached hydrogen (secondary N) is 2. The van der Waals surface area contributed by atoms with E-state index in [-0.39, 0.29) is 53.3 Å². The van der Waals surface area contributed by atoms with Gasteiger partial charge in [0.15, 0.2) is 53.1 Å². The molecule has 0 spiro atoms. The highest BCUT2D eigenvalue weighted by Gasteiger charge is 2.38. The van der Waals surface area contributed by atoms with Crippen molar-refractivity contribution in [2.45, 2.75) is 58.2 Å². The third-order valence-corrected chi connectivity index (χ3v) is 18.1. The number of benzene rings is 6. The number of ether oxygens (including phenoxy) is 5. The number of carboxylic acid groups (broad SMARTS) is 1. The Balaban J connectivity index is 0.000000196. The van der Waals surface area contributed by atoms with Crippen LogP contribution in [0.1, 0.15) is 69.7 Å². The minimum atomic E-state index is -3.47. The summed E-state index contributed by atoms with van der Waals surface area (Å²) < 4.78 is 133. The number of carbonyl (C=O) groups excluding carboxylic acids is 3. The van der Waals surface area contributed by atoms with E-state index < -0.39 is 89.4 Å². The molecule has 26 heteroatoms. The number of hydrogen-bond donors (Lipinski definition) is 3. The molecule has 0 aliphatic heterocycles. The molecule has 81 heavy (non-hydrogen) atoms. The summed E-state index contributed by atoms with van der Waals surface area (Å²) in [7, 11) is -5.66. The average molecular weight is 1190 g/mol. The predicted octanol–water partition coefficient (Wildman–Crippen LogP) is 11.3. The highest BCUT2D eigenvalue weighted by atomic mass is 32.2. The topological polar surface area (TPSA) is 253 Å². The van der Waals surface area contributed by atoms with Crippen LogP contribution in [0, 0.1) is 23.3 Å². The van der Waals surface area contributed by atoms with Crippen molar-refractivity contribution in [3.05, 3.63) is 191 Å². The first-order valence-electron chi connectivity index (χ1n) is 24.1. The molecule has 3 N–H and O–H groups in total. The summed E-state index contributed by atoms with van der Waals surface area (Å²) in [6.45, 7) is 0. The summed E-state index contributed by atoms with van der Waals surface area (Å²) in [4.78, 5) is 57.6. The van der Waals surface area contributed by atoms with E-state index in [0.717, 1.165) is 46.9 Å². The number of sulfone groups is 2. The van der Waals surface area contributed by atoms with Crippen LogP contribution < -0.4 is 29.6 Å². The fourth-order valence-electron chi connectivity index (χ4n) is 7.49. The molecule has 6 aromatic carbocycles. The lowest BCUT2D eigenvalue weighted by Gasteiger charge is -2.19. The van der Waals surface area contributed by atoms with Gasteiger partial charge in [0, 0.05) is 23.3 Å². The maximum Gasteiger partial charge on any atom is 0.337 e. The molecule has 8 aromatic rings. The minimum Gasteiger partial charge on any atom is -0.478 e. The molecule has 2 unspecified atom stereocenters. The van der Waals surface area contributed by atoms with Gasteiger partial charge in [0.1, 0.15) is 23.1 Å². The number of hydrogen-bond acceptors (Lipinski definition) is 17. The molecule has 2 amide bonds. The number of aromatic carboxylic acids is 1. The normalized spacial score (nSPS) is 13.8. The van der Waals surface area contributed by atoms with Crippen LogP contribution in [0.5, 0.6) is 33.1 Å². The third-order valence-electron chi connectivity index (χ3n) is 11.9. The van der Waals surface area contributed by atoms with Gasteiger partial charge in [-0.15, -0.1) is 0 Å². The Kier molecular flexibility index (Phi) is 17.1. The number of carbonyl (C=O) groups is 4. The molecule has 2 aromatic heterocycles. The number of thiazole rings is 2. The zero-order valence-electron chi connectivity index (χ0n) is 41.8. The number of esters is 1. The van der Waals surface area contributed by atoms with Crippen LogP contribution in [-0.2, 0) is 34.0 Å². The van der Waals surface area contributed by atoms with Gasteiger partial charge in [0.25, 0.3) is 11.8 Å². The Hall–Kier alpha value is -8.72. The molecule has 2 atom stereocenters. The van der Waals surface area contributed by atoms with Crippen LogP contribution in [0.4, 0.5) is 27.8 Å². The monoisotopic (exact) mass is 1190 g/mol. The van der Waals surface area contributed by atoms with E-state index in [4.69, 9.17) is 24.1 Å². The van der Waals surface area contributed by atoms with Crippen molar-refractivity contribution in [2.24, 2.45) is 0 Å². The number of nitrogens with zero attached hydrogens (tertiary/aromatic N) is 2. The predicted molar refractivity (Wildman–Crippen MR) is 286 cm³/mol. The molecular formula is C55H42F4N4O14S4. The molecule has 2 saturated carbocycles. The lowest BCUT2D eigenvalue weighted by atomic mass is 10.1. The van der Waals surface area contributed by atoms with E-state index in [1.165, 1.54) is 104 Å². The summed E-state index contributed by atoms with van der Waals surface area (Å²) in [6, 6.07) is 28.3. The van der Waals surface area contributed by atoms with Gasteiger partial charge in [0.2, 0.25) is 22.3 Å². The Morgan fingerprint density at radius 2 is 0.938 bits per heavy atom. The number of aromatic nitrogens is 2. The molecule has 0 saturated heterocycles. The number of carboxylic acids is 1. The van der Waals surface area contributed by atoms with E-state index in [9.17, 15) is 53.6 Å². The van der Waals surface area contributed by atoms with Crippen molar-refractivity contribution in [3.63, 3.8) is 0 Å². The Bertz CT molecular complexity index is 3860. The quantitative estimate of drug-likeness (QED) is 0.0474. The number of rotatable bonds is 20. The number of methoxy groups -OCH3 is 1. The first kappa shape index (κ1) is 57.0. The van der Waals surface area contributed by atoms with Gasteiger partial charge >= 0.3 is 11.9 Å². The van der Waals surface area contributed by atoms with Crippen LogP contribution in [0.15, 0.2) is 156 Å². The van der Waals surface area contributed by atoms with E-state index in [0.29, 0.717) is 59.9 Å². The molecule has 10 rings (SSSR count). The van der Waals surface area contributed by atoms with Gasteiger partial charge < -0.3 is 28.8 Å². The van der Waals surface area contributed by atoms with Gasteiger partial charge in [0.05, 0.1) is 50.9 Å². The zero-order valence-corrected chi connectivity index (χ0v) is 45.1. The molecule has 0 radical (unpaired) electrons. The van der Waals surface area contributed by atoms with Crippen molar-refractivity contribution in [3.8, 4) is 33.1 Å². The van der Waals surface area contributed by atoms with Crippen LogP contribution in [0.2, 0.25) is 0 Å². The van der Waals surface area contributed by atoms with Crippen molar-refractivity contribution < 1.29 is 82.4 Å². The summed E-state index contributed by atoms with van der Waals surface area (Å²) >= 11 is 1.96. The zero-order chi connectivity index (χ0) is 57.6. The van der Waals surface area contributed by atoms with Crippen LogP contribution in [-0.4, -0.2) is 73.3 Å². The molecule has 418 valence electrons. The van der Waals surface area contributed by atoms with Gasteiger partial charge in [-0.1, -0.05) is 46.9 Å². The fourth-order valence-corrected chi connectivity index (χ4v) is 12.2. The largest absolute Gasteiger partial charge is 0.478 e. The lowest BCUT2D eigenvalue weighted by molar-refractivity contribution is -0.123. The van der Waals surface area contributed by atoms with Gasteiger partial charge in [-0.3, -0.25) is 20.2 Å². The second-order valence-corrected chi connectivity index (χ2v) is 24.2. The summed E-state index contributed by atoms with van der Waals surface area (Å²) in [6.07, 6.45) is 2.21.